The van der Waals surface area contributed by atoms with Gasteiger partial charge in [0.05, 0.1) is 10.0 Å². The molecule has 1 aliphatic heterocycles. The zero-order chi connectivity index (χ0) is 13.1. The molecule has 6 heteroatoms. The summed E-state index contributed by atoms with van der Waals surface area (Å²) in [6.45, 7) is 1.29. The third kappa shape index (κ3) is 3.28. The number of halogens is 2. The van der Waals surface area contributed by atoms with Crippen molar-refractivity contribution < 1.29 is 9.53 Å². The number of carbonyl (C=O) groups excluding carboxylic acids is 1. The minimum atomic E-state index is -0.0611. The third-order valence-corrected chi connectivity index (χ3v) is 3.57. The van der Waals surface area contributed by atoms with Gasteiger partial charge in [0.1, 0.15) is 5.75 Å². The molecule has 1 amide bonds. The Bertz CT molecular complexity index is 454. The second-order valence-corrected chi connectivity index (χ2v) is 5.07. The molecular formula is C12H14Cl2N2O2. The smallest absolute Gasteiger partial charge is 0.260 e. The molecule has 0 spiro atoms. The average Bonchev–Trinajstić information content (AvgIpc) is 2.77. The molecule has 2 N–H and O–H groups in total. The summed E-state index contributed by atoms with van der Waals surface area (Å²) < 4.78 is 5.38. The Kier molecular flexibility index (Phi) is 4.32. The maximum atomic E-state index is 11.8. The van der Waals surface area contributed by atoms with Gasteiger partial charge in [0.2, 0.25) is 0 Å². The summed E-state index contributed by atoms with van der Waals surface area (Å²) in [6, 6.07) is 4.98. The van der Waals surface area contributed by atoms with Crippen LogP contribution >= 0.6 is 23.2 Å². The normalized spacial score (nSPS) is 19.1. The van der Waals surface area contributed by atoms with Crippen LogP contribution in [0.5, 0.6) is 5.75 Å². The van der Waals surface area contributed by atoms with Crippen molar-refractivity contribution in [1.29, 1.82) is 0 Å². The molecule has 1 atom stereocenters. The summed E-state index contributed by atoms with van der Waals surface area (Å²) in [5.74, 6) is 0.468. The Morgan fingerprint density at radius 1 is 1.44 bits per heavy atom. The highest BCUT2D eigenvalue weighted by molar-refractivity contribution is 6.42. The lowest BCUT2D eigenvalue weighted by atomic mass is 10.3. The molecule has 1 heterocycles. The van der Waals surface area contributed by atoms with Gasteiger partial charge < -0.3 is 15.4 Å². The van der Waals surface area contributed by atoms with Gasteiger partial charge in [0, 0.05) is 25.2 Å². The minimum absolute atomic E-state index is 0.00924. The van der Waals surface area contributed by atoms with Crippen LogP contribution in [0.3, 0.4) is 0 Å². The second-order valence-electron chi connectivity index (χ2n) is 4.25. The van der Waals surface area contributed by atoms with Gasteiger partial charge in [-0.1, -0.05) is 23.2 Å². The Hall–Kier alpha value is -0.970. The predicted molar refractivity (Wildman–Crippen MR) is 71.1 cm³/mol. The highest BCUT2D eigenvalue weighted by atomic mass is 35.5. The maximum Gasteiger partial charge on any atom is 0.260 e. The zero-order valence-corrected chi connectivity index (χ0v) is 11.2. The average molecular weight is 289 g/mol. The van der Waals surface area contributed by atoms with Crippen LogP contribution < -0.4 is 10.5 Å². The van der Waals surface area contributed by atoms with Crippen LogP contribution in [0.25, 0.3) is 0 Å². The Morgan fingerprint density at radius 3 is 2.83 bits per heavy atom. The Balaban J connectivity index is 1.87. The number of hydrogen-bond donors (Lipinski definition) is 1. The number of nitrogens with two attached hydrogens (primary N) is 1. The van der Waals surface area contributed by atoms with Crippen molar-refractivity contribution in [1.82, 2.24) is 4.90 Å². The first kappa shape index (κ1) is 13.5. The lowest BCUT2D eigenvalue weighted by molar-refractivity contribution is -0.132. The molecule has 1 aliphatic rings. The number of hydrogen-bond acceptors (Lipinski definition) is 3. The highest BCUT2D eigenvalue weighted by Gasteiger charge is 2.23. The molecule has 18 heavy (non-hydrogen) atoms. The van der Waals surface area contributed by atoms with E-state index in [1.165, 1.54) is 0 Å². The van der Waals surface area contributed by atoms with Gasteiger partial charge >= 0.3 is 0 Å². The molecule has 1 saturated heterocycles. The van der Waals surface area contributed by atoms with Gasteiger partial charge in [0.15, 0.2) is 6.61 Å². The third-order valence-electron chi connectivity index (χ3n) is 2.83. The van der Waals surface area contributed by atoms with Gasteiger partial charge in [-0.2, -0.15) is 0 Å². The lowest BCUT2D eigenvalue weighted by Crippen LogP contribution is -2.35. The summed E-state index contributed by atoms with van der Waals surface area (Å²) >= 11 is 11.6. The SMILES string of the molecule is NC1CCN(C(=O)COc2ccc(Cl)c(Cl)c2)C1. The number of benzene rings is 1. The molecule has 1 unspecified atom stereocenters. The van der Waals surface area contributed by atoms with E-state index in [-0.39, 0.29) is 18.6 Å². The van der Waals surface area contributed by atoms with E-state index in [1.54, 1.807) is 23.1 Å². The summed E-state index contributed by atoms with van der Waals surface area (Å²) in [5, 5.41) is 0.866. The van der Waals surface area contributed by atoms with Crippen molar-refractivity contribution in [2.45, 2.75) is 12.5 Å². The van der Waals surface area contributed by atoms with Crippen LogP contribution in [-0.2, 0) is 4.79 Å². The van der Waals surface area contributed by atoms with Crippen LogP contribution in [0, 0.1) is 0 Å². The topological polar surface area (TPSA) is 55.6 Å². The van der Waals surface area contributed by atoms with Crippen LogP contribution in [-0.4, -0.2) is 36.5 Å². The van der Waals surface area contributed by atoms with Crippen molar-refractivity contribution in [3.63, 3.8) is 0 Å². The molecule has 0 aliphatic carbocycles. The van der Waals surface area contributed by atoms with E-state index in [1.807, 2.05) is 0 Å². The molecule has 1 aromatic carbocycles. The second kappa shape index (κ2) is 5.78. The van der Waals surface area contributed by atoms with E-state index < -0.39 is 0 Å². The number of amides is 1. The first-order valence-electron chi connectivity index (χ1n) is 5.67. The molecule has 0 radical (unpaired) electrons. The number of ether oxygens (including phenoxy) is 1. The van der Waals surface area contributed by atoms with E-state index in [0.29, 0.717) is 28.9 Å². The van der Waals surface area contributed by atoms with E-state index in [2.05, 4.69) is 0 Å². The van der Waals surface area contributed by atoms with Gasteiger partial charge in [-0.05, 0) is 18.6 Å². The molecule has 4 nitrogen and oxygen atoms in total. The lowest BCUT2D eigenvalue weighted by Gasteiger charge is -2.16. The number of carbonyl (C=O) groups is 1. The van der Waals surface area contributed by atoms with E-state index in [4.69, 9.17) is 33.7 Å². The van der Waals surface area contributed by atoms with E-state index >= 15 is 0 Å². The van der Waals surface area contributed by atoms with Crippen LogP contribution in [0.1, 0.15) is 6.42 Å². The van der Waals surface area contributed by atoms with Gasteiger partial charge in [-0.3, -0.25) is 4.79 Å². The Labute approximate surface area is 116 Å². The Morgan fingerprint density at radius 2 is 2.22 bits per heavy atom. The van der Waals surface area contributed by atoms with Crippen molar-refractivity contribution in [3.8, 4) is 5.75 Å². The van der Waals surface area contributed by atoms with Gasteiger partial charge in [-0.15, -0.1) is 0 Å². The fourth-order valence-electron chi connectivity index (χ4n) is 1.82. The van der Waals surface area contributed by atoms with Crippen LogP contribution in [0.15, 0.2) is 18.2 Å². The molecule has 0 aromatic heterocycles. The fraction of sp³-hybridized carbons (Fsp3) is 0.417. The molecule has 1 aromatic rings. The molecule has 2 rings (SSSR count). The molecule has 98 valence electrons. The first-order chi connectivity index (χ1) is 8.56. The molecular weight excluding hydrogens is 275 g/mol. The fourth-order valence-corrected chi connectivity index (χ4v) is 2.10. The van der Waals surface area contributed by atoms with Crippen molar-refractivity contribution in [2.75, 3.05) is 19.7 Å². The quantitative estimate of drug-likeness (QED) is 0.925. The van der Waals surface area contributed by atoms with E-state index in [9.17, 15) is 4.79 Å². The number of rotatable bonds is 3. The summed E-state index contributed by atoms with van der Waals surface area (Å²) in [6.07, 6.45) is 0.846. The highest BCUT2D eigenvalue weighted by Crippen LogP contribution is 2.26. The summed E-state index contributed by atoms with van der Waals surface area (Å²) in [5.41, 5.74) is 5.74. The van der Waals surface area contributed by atoms with Gasteiger partial charge in [0.25, 0.3) is 5.91 Å². The number of likely N-dealkylation sites (tertiary alicyclic amines) is 1. The summed E-state index contributed by atoms with van der Waals surface area (Å²) in [4.78, 5) is 13.5. The largest absolute Gasteiger partial charge is 0.484 e. The van der Waals surface area contributed by atoms with Crippen molar-refractivity contribution in [2.24, 2.45) is 5.73 Å². The minimum Gasteiger partial charge on any atom is -0.484 e. The van der Waals surface area contributed by atoms with Crippen molar-refractivity contribution in [3.05, 3.63) is 28.2 Å². The van der Waals surface area contributed by atoms with Crippen LogP contribution in [0.4, 0.5) is 0 Å². The van der Waals surface area contributed by atoms with Gasteiger partial charge in [-0.25, -0.2) is 0 Å². The van der Waals surface area contributed by atoms with Crippen molar-refractivity contribution >= 4 is 29.1 Å². The summed E-state index contributed by atoms with van der Waals surface area (Å²) in [7, 11) is 0. The number of nitrogens with zero attached hydrogens (tertiary/aromatic N) is 1. The van der Waals surface area contributed by atoms with E-state index in [0.717, 1.165) is 6.42 Å². The first-order valence-corrected chi connectivity index (χ1v) is 6.43. The molecule has 0 bridgehead atoms. The predicted octanol–water partition coefficient (Wildman–Crippen LogP) is 1.93. The standard InChI is InChI=1S/C12H14Cl2N2O2/c13-10-2-1-9(5-11(10)14)18-7-12(17)16-4-3-8(15)6-16/h1-2,5,8H,3-4,6-7,15H2. The molecule has 1 fully saturated rings. The van der Waals surface area contributed by atoms with Crippen LogP contribution in [0.2, 0.25) is 10.0 Å². The zero-order valence-electron chi connectivity index (χ0n) is 9.73. The monoisotopic (exact) mass is 288 g/mol. The maximum absolute atomic E-state index is 11.8. The molecule has 0 saturated carbocycles.